The van der Waals surface area contributed by atoms with Crippen molar-refractivity contribution in [2.24, 2.45) is 0 Å². The van der Waals surface area contributed by atoms with Gasteiger partial charge in [0.15, 0.2) is 0 Å². The molecule has 0 aliphatic rings. The van der Waals surface area contributed by atoms with Crippen LogP contribution < -0.4 is 0 Å². The van der Waals surface area contributed by atoms with Gasteiger partial charge in [-0.15, -0.1) is 0 Å². The zero-order valence-electron chi connectivity index (χ0n) is 8.72. The minimum absolute atomic E-state index is 0.272. The molecule has 0 atom stereocenters. The first-order valence-corrected chi connectivity index (χ1v) is 6.37. The standard InChI is InChI=1S/C10H11F2O4P/c11-10(12,17(14,15)16)9-5-3-8(4-6-9)2-1-7-13/h3-7H,1-2H2,(H2,14,15,16). The average Bonchev–Trinajstić information content (AvgIpc) is 2.25. The van der Waals surface area contributed by atoms with Gasteiger partial charge < -0.3 is 14.6 Å². The Kier molecular flexibility index (Phi) is 4.14. The normalized spacial score (nSPS) is 12.5. The van der Waals surface area contributed by atoms with Gasteiger partial charge >= 0.3 is 13.3 Å². The highest BCUT2D eigenvalue weighted by molar-refractivity contribution is 7.52. The minimum atomic E-state index is -5.52. The molecule has 7 heteroatoms. The molecule has 0 heterocycles. The average molecular weight is 264 g/mol. The van der Waals surface area contributed by atoms with Crippen molar-refractivity contribution in [2.75, 3.05) is 0 Å². The predicted molar refractivity (Wildman–Crippen MR) is 56.8 cm³/mol. The maximum atomic E-state index is 13.2. The Bertz CT molecular complexity index is 438. The summed E-state index contributed by atoms with van der Waals surface area (Å²) in [5.41, 5.74) is -4.26. The van der Waals surface area contributed by atoms with E-state index in [1.807, 2.05) is 0 Å². The van der Waals surface area contributed by atoms with Crippen LogP contribution in [0, 0.1) is 0 Å². The topological polar surface area (TPSA) is 74.6 Å². The molecule has 0 aliphatic carbocycles. The Morgan fingerprint density at radius 3 is 2.18 bits per heavy atom. The molecule has 0 spiro atoms. The van der Waals surface area contributed by atoms with Gasteiger partial charge in [-0.05, 0) is 12.0 Å². The van der Waals surface area contributed by atoms with E-state index in [1.165, 1.54) is 12.1 Å². The molecule has 0 saturated carbocycles. The van der Waals surface area contributed by atoms with Gasteiger partial charge in [0.2, 0.25) is 0 Å². The van der Waals surface area contributed by atoms with Crippen molar-refractivity contribution in [3.63, 3.8) is 0 Å². The van der Waals surface area contributed by atoms with Gasteiger partial charge in [0, 0.05) is 12.0 Å². The monoisotopic (exact) mass is 264 g/mol. The molecule has 1 rings (SSSR count). The summed E-state index contributed by atoms with van der Waals surface area (Å²) in [7, 11) is -5.52. The number of aryl methyl sites for hydroxylation is 1. The number of carbonyl (C=O) groups excluding carboxylic acids is 1. The lowest BCUT2D eigenvalue weighted by molar-refractivity contribution is -0.107. The van der Waals surface area contributed by atoms with Crippen molar-refractivity contribution in [1.82, 2.24) is 0 Å². The summed E-state index contributed by atoms with van der Waals surface area (Å²) in [5, 5.41) is 0. The van der Waals surface area contributed by atoms with E-state index in [9.17, 15) is 18.1 Å². The molecular formula is C10H11F2O4P. The highest BCUT2D eigenvalue weighted by Crippen LogP contribution is 2.59. The van der Waals surface area contributed by atoms with Crippen LogP contribution in [0.1, 0.15) is 17.5 Å². The largest absolute Gasteiger partial charge is 0.399 e. The number of hydrogen-bond acceptors (Lipinski definition) is 2. The fraction of sp³-hybridized carbons (Fsp3) is 0.300. The molecule has 0 unspecified atom stereocenters. The van der Waals surface area contributed by atoms with Crippen LogP contribution >= 0.6 is 7.60 Å². The lowest BCUT2D eigenvalue weighted by Crippen LogP contribution is -2.13. The SMILES string of the molecule is O=CCCc1ccc(C(F)(F)P(=O)(O)O)cc1. The molecule has 2 N–H and O–H groups in total. The zero-order chi connectivity index (χ0) is 13.1. The second-order valence-electron chi connectivity index (χ2n) is 3.49. The van der Waals surface area contributed by atoms with Gasteiger partial charge in [0.1, 0.15) is 6.29 Å². The summed E-state index contributed by atoms with van der Waals surface area (Å²) < 4.78 is 37.1. The molecule has 0 aliphatic heterocycles. The second kappa shape index (κ2) is 5.04. The van der Waals surface area contributed by atoms with E-state index < -0.39 is 18.8 Å². The Labute approximate surface area is 96.4 Å². The maximum Gasteiger partial charge on any atom is 0.399 e. The lowest BCUT2D eigenvalue weighted by Gasteiger charge is -2.17. The van der Waals surface area contributed by atoms with Crippen molar-refractivity contribution in [2.45, 2.75) is 18.5 Å². The van der Waals surface area contributed by atoms with Gasteiger partial charge in [-0.2, -0.15) is 8.78 Å². The molecule has 94 valence electrons. The first kappa shape index (κ1) is 14.0. The van der Waals surface area contributed by atoms with Crippen LogP contribution in [-0.4, -0.2) is 16.1 Å². The number of hydrogen-bond donors (Lipinski definition) is 2. The third kappa shape index (κ3) is 3.19. The quantitative estimate of drug-likeness (QED) is 0.630. The molecule has 1 aromatic carbocycles. The van der Waals surface area contributed by atoms with E-state index in [2.05, 4.69) is 0 Å². The first-order valence-electron chi connectivity index (χ1n) is 4.75. The third-order valence-electron chi connectivity index (χ3n) is 2.22. The van der Waals surface area contributed by atoms with E-state index in [1.54, 1.807) is 0 Å². The molecule has 1 aromatic rings. The fourth-order valence-electron chi connectivity index (χ4n) is 1.27. The molecule has 0 bridgehead atoms. The number of alkyl halides is 2. The molecule has 4 nitrogen and oxygen atoms in total. The summed E-state index contributed by atoms with van der Waals surface area (Å²) in [6.45, 7) is 0. The van der Waals surface area contributed by atoms with Gasteiger partial charge in [-0.1, -0.05) is 24.3 Å². The lowest BCUT2D eigenvalue weighted by atomic mass is 10.1. The Balaban J connectivity index is 2.95. The zero-order valence-corrected chi connectivity index (χ0v) is 9.61. The Morgan fingerprint density at radius 2 is 1.76 bits per heavy atom. The highest BCUT2D eigenvalue weighted by atomic mass is 31.2. The maximum absolute atomic E-state index is 13.2. The molecule has 17 heavy (non-hydrogen) atoms. The van der Waals surface area contributed by atoms with Crippen molar-refractivity contribution < 1.29 is 27.9 Å². The molecular weight excluding hydrogens is 253 g/mol. The highest BCUT2D eigenvalue weighted by Gasteiger charge is 2.50. The van der Waals surface area contributed by atoms with Gasteiger partial charge in [0.25, 0.3) is 0 Å². The predicted octanol–water partition coefficient (Wildman–Crippen LogP) is 2.05. The van der Waals surface area contributed by atoms with E-state index >= 15 is 0 Å². The van der Waals surface area contributed by atoms with Crippen LogP contribution in [0.2, 0.25) is 0 Å². The van der Waals surface area contributed by atoms with Crippen molar-refractivity contribution in [1.29, 1.82) is 0 Å². The summed E-state index contributed by atoms with van der Waals surface area (Å²) in [4.78, 5) is 27.2. The van der Waals surface area contributed by atoms with Crippen LogP contribution in [-0.2, 0) is 21.4 Å². The Hall–Kier alpha value is -1.10. The van der Waals surface area contributed by atoms with Gasteiger partial charge in [0.05, 0.1) is 0 Å². The summed E-state index contributed by atoms with van der Waals surface area (Å²) in [6.07, 6.45) is 1.39. The van der Waals surface area contributed by atoms with Crippen LogP contribution in [0.5, 0.6) is 0 Å². The number of halogens is 2. The van der Waals surface area contributed by atoms with Crippen LogP contribution in [0.25, 0.3) is 0 Å². The van der Waals surface area contributed by atoms with Crippen LogP contribution in [0.3, 0.4) is 0 Å². The van der Waals surface area contributed by atoms with E-state index in [-0.39, 0.29) is 6.42 Å². The molecule has 0 saturated heterocycles. The number of aldehydes is 1. The summed E-state index contributed by atoms with van der Waals surface area (Å²) in [6, 6.07) is 4.56. The third-order valence-corrected chi connectivity index (χ3v) is 3.21. The van der Waals surface area contributed by atoms with Crippen LogP contribution in [0.15, 0.2) is 24.3 Å². The summed E-state index contributed by atoms with van der Waals surface area (Å²) in [5.74, 6) is 0. The van der Waals surface area contributed by atoms with Crippen molar-refractivity contribution in [3.05, 3.63) is 35.4 Å². The second-order valence-corrected chi connectivity index (χ2v) is 5.14. The number of carbonyl (C=O) groups is 1. The fourth-order valence-corrected chi connectivity index (χ4v) is 1.75. The van der Waals surface area contributed by atoms with E-state index in [0.717, 1.165) is 12.1 Å². The number of benzene rings is 1. The van der Waals surface area contributed by atoms with Gasteiger partial charge in [-0.3, -0.25) is 4.57 Å². The minimum Gasteiger partial charge on any atom is -0.320 e. The molecule has 0 radical (unpaired) electrons. The molecule has 0 fully saturated rings. The van der Waals surface area contributed by atoms with E-state index in [0.29, 0.717) is 18.3 Å². The van der Waals surface area contributed by atoms with Crippen LogP contribution in [0.4, 0.5) is 8.78 Å². The summed E-state index contributed by atoms with van der Waals surface area (Å²) >= 11 is 0. The van der Waals surface area contributed by atoms with Crippen molar-refractivity contribution in [3.8, 4) is 0 Å². The first-order chi connectivity index (χ1) is 7.79. The van der Waals surface area contributed by atoms with Gasteiger partial charge in [-0.25, -0.2) is 0 Å². The number of rotatable bonds is 5. The van der Waals surface area contributed by atoms with Crippen molar-refractivity contribution >= 4 is 13.9 Å². The smallest absolute Gasteiger partial charge is 0.320 e. The molecule has 0 amide bonds. The Morgan fingerprint density at radius 1 is 1.24 bits per heavy atom. The molecule has 0 aromatic heterocycles. The van der Waals surface area contributed by atoms with E-state index in [4.69, 9.17) is 9.79 Å².